The van der Waals surface area contributed by atoms with Gasteiger partial charge in [-0.1, -0.05) is 12.1 Å². The predicted octanol–water partition coefficient (Wildman–Crippen LogP) is 1.15. The van der Waals surface area contributed by atoms with Crippen molar-refractivity contribution in [3.8, 4) is 0 Å². The van der Waals surface area contributed by atoms with Gasteiger partial charge in [0.25, 0.3) is 5.91 Å². The Bertz CT molecular complexity index is 875. The van der Waals surface area contributed by atoms with Crippen LogP contribution in [0.2, 0.25) is 0 Å². The lowest BCUT2D eigenvalue weighted by Crippen LogP contribution is -2.61. The van der Waals surface area contributed by atoms with Gasteiger partial charge in [0.1, 0.15) is 6.04 Å². The van der Waals surface area contributed by atoms with Crippen molar-refractivity contribution in [1.29, 1.82) is 0 Å². The molecule has 1 atom stereocenters. The maximum atomic E-state index is 12.9. The molecule has 7 nitrogen and oxygen atoms in total. The molecule has 3 amide bonds. The zero-order valence-corrected chi connectivity index (χ0v) is 16.7. The fourth-order valence-electron chi connectivity index (χ4n) is 5.73. The molecule has 5 aliphatic rings. The molecule has 1 unspecified atom stereocenters. The van der Waals surface area contributed by atoms with E-state index >= 15 is 0 Å². The van der Waals surface area contributed by atoms with E-state index in [-0.39, 0.29) is 29.7 Å². The van der Waals surface area contributed by atoms with Gasteiger partial charge in [-0.15, -0.1) is 0 Å². The van der Waals surface area contributed by atoms with E-state index in [2.05, 4.69) is 16.3 Å². The Morgan fingerprint density at radius 3 is 2.66 bits per heavy atom. The van der Waals surface area contributed by atoms with Crippen molar-refractivity contribution in [2.75, 3.05) is 13.1 Å². The minimum atomic E-state index is -0.561. The lowest BCUT2D eigenvalue weighted by atomic mass is 9.70. The van der Waals surface area contributed by atoms with Crippen LogP contribution >= 0.6 is 0 Å². The highest BCUT2D eigenvalue weighted by Gasteiger charge is 2.45. The molecular weight excluding hydrogens is 368 g/mol. The Hall–Kier alpha value is -2.25. The van der Waals surface area contributed by atoms with Crippen molar-refractivity contribution in [1.82, 2.24) is 15.1 Å². The number of nitrogens with two attached hydrogens (primary N) is 1. The van der Waals surface area contributed by atoms with Gasteiger partial charge in [0.2, 0.25) is 11.8 Å². The first-order valence-corrected chi connectivity index (χ1v) is 10.7. The molecular formula is C22H28N4O3. The van der Waals surface area contributed by atoms with Crippen LogP contribution in [0.4, 0.5) is 0 Å². The minimum absolute atomic E-state index is 0.114. The van der Waals surface area contributed by atoms with Gasteiger partial charge in [0, 0.05) is 43.7 Å². The molecule has 0 aromatic heterocycles. The molecule has 1 saturated carbocycles. The second kappa shape index (κ2) is 6.92. The molecule has 0 radical (unpaired) electrons. The zero-order valence-electron chi connectivity index (χ0n) is 16.7. The third-order valence-electron chi connectivity index (χ3n) is 7.53. The van der Waals surface area contributed by atoms with Gasteiger partial charge in [-0.3, -0.25) is 24.6 Å². The number of fused-ring (bicyclic) bond motifs is 4. The Morgan fingerprint density at radius 2 is 1.93 bits per heavy atom. The summed E-state index contributed by atoms with van der Waals surface area (Å²) in [4.78, 5) is 40.7. The van der Waals surface area contributed by atoms with E-state index in [0.717, 1.165) is 24.6 Å². The number of carbonyl (C=O) groups is 3. The number of imide groups is 1. The number of hydrogen-bond acceptors (Lipinski definition) is 5. The van der Waals surface area contributed by atoms with Crippen LogP contribution < -0.4 is 11.1 Å². The molecule has 1 aromatic carbocycles. The van der Waals surface area contributed by atoms with Crippen LogP contribution in [0.1, 0.15) is 60.0 Å². The molecule has 4 fully saturated rings. The first kappa shape index (κ1) is 18.8. The Morgan fingerprint density at radius 1 is 1.14 bits per heavy atom. The SMILES string of the molecule is NCC12CCC(CC1)CN2Cc1ccc2c(c1)CN(C1CCC(=O)NC1=O)C2=O. The number of rotatable bonds is 4. The molecule has 1 aliphatic carbocycles. The van der Waals surface area contributed by atoms with Gasteiger partial charge in [-0.05, 0) is 55.2 Å². The maximum Gasteiger partial charge on any atom is 0.255 e. The van der Waals surface area contributed by atoms with E-state index in [0.29, 0.717) is 25.1 Å². The van der Waals surface area contributed by atoms with Crippen LogP contribution in [-0.2, 0) is 22.7 Å². The van der Waals surface area contributed by atoms with E-state index in [1.54, 1.807) is 4.90 Å². The number of nitrogens with one attached hydrogen (secondary N) is 1. The third-order valence-corrected chi connectivity index (χ3v) is 7.53. The second-order valence-corrected chi connectivity index (χ2v) is 9.14. The molecule has 4 heterocycles. The van der Waals surface area contributed by atoms with Gasteiger partial charge in [-0.2, -0.15) is 0 Å². The van der Waals surface area contributed by atoms with Crippen LogP contribution in [0.15, 0.2) is 18.2 Å². The van der Waals surface area contributed by atoms with Gasteiger partial charge in [-0.25, -0.2) is 0 Å². The summed E-state index contributed by atoms with van der Waals surface area (Å²) < 4.78 is 0. The molecule has 6 rings (SSSR count). The van der Waals surface area contributed by atoms with Crippen molar-refractivity contribution in [3.05, 3.63) is 34.9 Å². The largest absolute Gasteiger partial charge is 0.329 e. The summed E-state index contributed by atoms with van der Waals surface area (Å²) >= 11 is 0. The fourth-order valence-corrected chi connectivity index (χ4v) is 5.73. The number of benzene rings is 1. The molecule has 1 aromatic rings. The summed E-state index contributed by atoms with van der Waals surface area (Å²) in [6, 6.07) is 5.49. The molecule has 3 saturated heterocycles. The highest BCUT2D eigenvalue weighted by Crippen LogP contribution is 2.43. The Kier molecular flexibility index (Phi) is 4.47. The lowest BCUT2D eigenvalue weighted by molar-refractivity contribution is -0.136. The van der Waals surface area contributed by atoms with E-state index in [1.165, 1.54) is 31.2 Å². The number of piperidine rings is 3. The monoisotopic (exact) mass is 396 g/mol. The van der Waals surface area contributed by atoms with Gasteiger partial charge in [0.05, 0.1) is 0 Å². The normalized spacial score (nSPS) is 31.9. The summed E-state index contributed by atoms with van der Waals surface area (Å²) in [6.45, 7) is 3.09. The summed E-state index contributed by atoms with van der Waals surface area (Å²) in [5.74, 6) is 0.0400. The zero-order chi connectivity index (χ0) is 20.2. The summed E-state index contributed by atoms with van der Waals surface area (Å²) in [5.41, 5.74) is 9.16. The van der Waals surface area contributed by atoms with Crippen molar-refractivity contribution in [2.24, 2.45) is 11.7 Å². The molecule has 7 heteroatoms. The van der Waals surface area contributed by atoms with Crippen LogP contribution in [-0.4, -0.2) is 52.2 Å². The van der Waals surface area contributed by atoms with Crippen LogP contribution in [0, 0.1) is 5.92 Å². The van der Waals surface area contributed by atoms with Crippen molar-refractivity contribution in [3.63, 3.8) is 0 Å². The topological polar surface area (TPSA) is 95.7 Å². The average Bonchev–Trinajstić information content (AvgIpc) is 3.05. The highest BCUT2D eigenvalue weighted by molar-refractivity contribution is 6.05. The molecule has 4 aliphatic heterocycles. The van der Waals surface area contributed by atoms with Gasteiger partial charge in [0.15, 0.2) is 0 Å². The van der Waals surface area contributed by atoms with E-state index in [4.69, 9.17) is 5.73 Å². The standard InChI is InChI=1S/C22H28N4O3/c23-13-22-7-5-14(6-8-22)10-25(22)11-15-1-2-17-16(9-15)12-26(21(17)29)18-3-4-19(27)24-20(18)28/h1-2,9,14,18H,3-8,10-13,23H2,(H,24,27,28). The van der Waals surface area contributed by atoms with Crippen molar-refractivity contribution >= 4 is 17.7 Å². The molecule has 29 heavy (non-hydrogen) atoms. The number of carbonyl (C=O) groups excluding carboxylic acids is 3. The number of amides is 3. The maximum absolute atomic E-state index is 12.9. The Balaban J connectivity index is 1.34. The summed E-state index contributed by atoms with van der Waals surface area (Å²) in [5, 5.41) is 2.35. The van der Waals surface area contributed by atoms with Crippen LogP contribution in [0.3, 0.4) is 0 Å². The van der Waals surface area contributed by atoms with E-state index < -0.39 is 6.04 Å². The third kappa shape index (κ3) is 3.07. The molecule has 2 bridgehead atoms. The average molecular weight is 396 g/mol. The summed E-state index contributed by atoms with van der Waals surface area (Å²) in [6.07, 6.45) is 5.60. The van der Waals surface area contributed by atoms with Gasteiger partial charge < -0.3 is 10.6 Å². The van der Waals surface area contributed by atoms with E-state index in [9.17, 15) is 14.4 Å². The molecule has 154 valence electrons. The fraction of sp³-hybridized carbons (Fsp3) is 0.591. The highest BCUT2D eigenvalue weighted by atomic mass is 16.2. The number of nitrogens with zero attached hydrogens (tertiary/aromatic N) is 2. The van der Waals surface area contributed by atoms with Crippen molar-refractivity contribution < 1.29 is 14.4 Å². The van der Waals surface area contributed by atoms with Gasteiger partial charge >= 0.3 is 0 Å². The lowest BCUT2D eigenvalue weighted by Gasteiger charge is -2.54. The Labute approximate surface area is 170 Å². The summed E-state index contributed by atoms with van der Waals surface area (Å²) in [7, 11) is 0. The molecule has 3 N–H and O–H groups in total. The minimum Gasteiger partial charge on any atom is -0.329 e. The quantitative estimate of drug-likeness (QED) is 0.745. The van der Waals surface area contributed by atoms with E-state index in [1.807, 2.05) is 12.1 Å². The van der Waals surface area contributed by atoms with Crippen LogP contribution in [0.5, 0.6) is 0 Å². The first-order chi connectivity index (χ1) is 14.0. The van der Waals surface area contributed by atoms with Crippen LogP contribution in [0.25, 0.3) is 0 Å². The molecule has 0 spiro atoms. The first-order valence-electron chi connectivity index (χ1n) is 10.7. The second-order valence-electron chi connectivity index (χ2n) is 9.14. The number of hydrogen-bond donors (Lipinski definition) is 2. The smallest absolute Gasteiger partial charge is 0.255 e. The van der Waals surface area contributed by atoms with Crippen molar-refractivity contribution in [2.45, 2.75) is 63.2 Å². The predicted molar refractivity (Wildman–Crippen MR) is 107 cm³/mol.